The number of carbonyl (C=O) groups excluding carboxylic acids is 1. The van der Waals surface area contributed by atoms with E-state index in [9.17, 15) is 4.79 Å². The lowest BCUT2D eigenvalue weighted by molar-refractivity contribution is -0.141. The molecule has 0 radical (unpaired) electrons. The molecule has 1 amide bonds. The van der Waals surface area contributed by atoms with Crippen LogP contribution in [0.3, 0.4) is 0 Å². The van der Waals surface area contributed by atoms with Crippen molar-refractivity contribution in [1.82, 2.24) is 9.91 Å². The molecule has 2 aromatic heterocycles. The number of hydrazone groups is 1. The number of hydrogen-bond acceptors (Lipinski definition) is 7. The molecule has 5 heterocycles. The van der Waals surface area contributed by atoms with Gasteiger partial charge in [0.15, 0.2) is 12.1 Å². The molecular weight excluding hydrogens is 422 g/mol. The summed E-state index contributed by atoms with van der Waals surface area (Å²) in [5.74, 6) is 1.34. The molecule has 33 heavy (non-hydrogen) atoms. The van der Waals surface area contributed by atoms with Gasteiger partial charge < -0.3 is 18.3 Å². The summed E-state index contributed by atoms with van der Waals surface area (Å²) in [6, 6.07) is 13.4. The first-order chi connectivity index (χ1) is 16.3. The molecule has 0 N–H and O–H groups in total. The van der Waals surface area contributed by atoms with E-state index in [2.05, 4.69) is 4.90 Å². The molecular formula is C25H27N3O5. The topological polar surface area (TPSA) is 80.7 Å². The van der Waals surface area contributed by atoms with E-state index < -0.39 is 0 Å². The van der Waals surface area contributed by atoms with Crippen LogP contribution in [0.1, 0.15) is 43.2 Å². The van der Waals surface area contributed by atoms with Gasteiger partial charge in [0, 0.05) is 11.8 Å². The molecule has 0 aliphatic carbocycles. The molecule has 172 valence electrons. The minimum atomic E-state index is -0.294. The first-order valence-corrected chi connectivity index (χ1v) is 11.7. The second-order valence-corrected chi connectivity index (χ2v) is 8.81. The average molecular weight is 450 g/mol. The van der Waals surface area contributed by atoms with Crippen molar-refractivity contribution >= 4 is 22.6 Å². The van der Waals surface area contributed by atoms with Crippen molar-refractivity contribution in [2.45, 2.75) is 44.1 Å². The number of likely N-dealkylation sites (tertiary alicyclic amines) is 1. The fourth-order valence-electron chi connectivity index (χ4n) is 5.08. The standard InChI is InChI=1S/C25H27N3O5/c29-24(16-27-10-4-3-7-19(27)25-31-12-13-32-25)28-20(22-9-5-11-30-22)15-18(26-28)23-14-17-6-1-2-8-21(17)33-23/h1-2,5-6,8-9,11,14,19-20,25H,3-4,7,10,12-13,15-16H2. The molecule has 2 atom stereocenters. The Balaban J connectivity index is 1.26. The minimum Gasteiger partial charge on any atom is -0.467 e. The number of piperidine rings is 1. The van der Waals surface area contributed by atoms with Gasteiger partial charge in [-0.25, -0.2) is 5.01 Å². The maximum absolute atomic E-state index is 13.6. The number of carbonyl (C=O) groups is 1. The fraction of sp³-hybridized carbons (Fsp3) is 0.440. The molecule has 0 bridgehead atoms. The van der Waals surface area contributed by atoms with E-state index in [1.165, 1.54) is 0 Å². The van der Waals surface area contributed by atoms with Gasteiger partial charge in [0.1, 0.15) is 23.1 Å². The number of hydrogen-bond donors (Lipinski definition) is 0. The van der Waals surface area contributed by atoms with Gasteiger partial charge in [-0.2, -0.15) is 5.10 Å². The highest BCUT2D eigenvalue weighted by Gasteiger charge is 2.39. The monoisotopic (exact) mass is 449 g/mol. The van der Waals surface area contributed by atoms with Crippen LogP contribution >= 0.6 is 0 Å². The molecule has 3 aliphatic rings. The summed E-state index contributed by atoms with van der Waals surface area (Å²) in [5.41, 5.74) is 1.56. The zero-order chi connectivity index (χ0) is 22.2. The molecule has 6 rings (SSSR count). The Morgan fingerprint density at radius 3 is 2.79 bits per heavy atom. The van der Waals surface area contributed by atoms with E-state index in [-0.39, 0.29) is 30.8 Å². The summed E-state index contributed by atoms with van der Waals surface area (Å²) in [6.07, 6.45) is 5.06. The summed E-state index contributed by atoms with van der Waals surface area (Å²) >= 11 is 0. The number of ether oxygens (including phenoxy) is 2. The van der Waals surface area contributed by atoms with Gasteiger partial charge >= 0.3 is 0 Å². The van der Waals surface area contributed by atoms with Crippen LogP contribution in [0, 0.1) is 0 Å². The van der Waals surface area contributed by atoms with Crippen LogP contribution in [0.4, 0.5) is 0 Å². The van der Waals surface area contributed by atoms with Gasteiger partial charge in [0.05, 0.1) is 32.1 Å². The van der Waals surface area contributed by atoms with Crippen LogP contribution in [0.2, 0.25) is 0 Å². The third kappa shape index (κ3) is 3.99. The lowest BCUT2D eigenvalue weighted by Crippen LogP contribution is -2.51. The van der Waals surface area contributed by atoms with Crippen molar-refractivity contribution < 1.29 is 23.1 Å². The maximum atomic E-state index is 13.6. The van der Waals surface area contributed by atoms with E-state index in [4.69, 9.17) is 23.4 Å². The number of amides is 1. The minimum absolute atomic E-state index is 0.0626. The molecule has 8 nitrogen and oxygen atoms in total. The Labute approximate surface area is 191 Å². The summed E-state index contributed by atoms with van der Waals surface area (Å²) < 4.78 is 23.3. The largest absolute Gasteiger partial charge is 0.467 e. The van der Waals surface area contributed by atoms with Crippen LogP contribution in [-0.2, 0) is 14.3 Å². The predicted octanol–water partition coefficient (Wildman–Crippen LogP) is 3.93. The third-order valence-corrected chi connectivity index (χ3v) is 6.71. The Morgan fingerprint density at radius 1 is 1.09 bits per heavy atom. The number of rotatable bonds is 5. The van der Waals surface area contributed by atoms with Crippen LogP contribution in [0.5, 0.6) is 0 Å². The SMILES string of the molecule is O=C(CN1CCCCC1C1OCCO1)N1N=C(c2cc3ccccc3o2)CC1c1ccco1. The molecule has 0 spiro atoms. The number of fused-ring (bicyclic) bond motifs is 1. The first kappa shape index (κ1) is 20.7. The lowest BCUT2D eigenvalue weighted by Gasteiger charge is -2.38. The number of para-hydroxylation sites is 1. The Hall–Kier alpha value is -2.94. The van der Waals surface area contributed by atoms with Gasteiger partial charge in [-0.1, -0.05) is 24.6 Å². The van der Waals surface area contributed by atoms with E-state index in [0.29, 0.717) is 25.4 Å². The van der Waals surface area contributed by atoms with Gasteiger partial charge in [-0.15, -0.1) is 0 Å². The molecule has 0 saturated carbocycles. The molecule has 2 fully saturated rings. The summed E-state index contributed by atoms with van der Waals surface area (Å²) in [6.45, 7) is 2.34. The summed E-state index contributed by atoms with van der Waals surface area (Å²) in [4.78, 5) is 15.7. The number of benzene rings is 1. The molecule has 2 saturated heterocycles. The second kappa shape index (κ2) is 8.78. The molecule has 8 heteroatoms. The second-order valence-electron chi connectivity index (χ2n) is 8.81. The third-order valence-electron chi connectivity index (χ3n) is 6.71. The van der Waals surface area contributed by atoms with Crippen molar-refractivity contribution in [1.29, 1.82) is 0 Å². The Bertz CT molecular complexity index is 1110. The Kier molecular flexibility index (Phi) is 5.49. The number of nitrogens with zero attached hydrogens (tertiary/aromatic N) is 3. The van der Waals surface area contributed by atoms with Crippen molar-refractivity contribution in [3.63, 3.8) is 0 Å². The molecule has 3 aliphatic heterocycles. The maximum Gasteiger partial charge on any atom is 0.257 e. The highest BCUT2D eigenvalue weighted by molar-refractivity contribution is 6.03. The van der Waals surface area contributed by atoms with Crippen molar-refractivity contribution in [2.75, 3.05) is 26.3 Å². The summed E-state index contributed by atoms with van der Waals surface area (Å²) in [7, 11) is 0. The Morgan fingerprint density at radius 2 is 1.97 bits per heavy atom. The highest BCUT2D eigenvalue weighted by atomic mass is 16.7. The van der Waals surface area contributed by atoms with Gasteiger partial charge in [-0.05, 0) is 43.7 Å². The predicted molar refractivity (Wildman–Crippen MR) is 121 cm³/mol. The fourth-order valence-corrected chi connectivity index (χ4v) is 5.08. The van der Waals surface area contributed by atoms with Crippen molar-refractivity contribution in [2.24, 2.45) is 5.10 Å². The highest BCUT2D eigenvalue weighted by Crippen LogP contribution is 2.35. The van der Waals surface area contributed by atoms with Gasteiger partial charge in [0.2, 0.25) is 0 Å². The quantitative estimate of drug-likeness (QED) is 0.587. The zero-order valence-corrected chi connectivity index (χ0v) is 18.4. The summed E-state index contributed by atoms with van der Waals surface area (Å²) in [5, 5.41) is 7.33. The van der Waals surface area contributed by atoms with E-state index in [1.807, 2.05) is 42.5 Å². The van der Waals surface area contributed by atoms with E-state index >= 15 is 0 Å². The van der Waals surface area contributed by atoms with Crippen LogP contribution in [-0.4, -0.2) is 60.2 Å². The smallest absolute Gasteiger partial charge is 0.257 e. The normalized spacial score (nSPS) is 24.6. The molecule has 2 unspecified atom stereocenters. The van der Waals surface area contributed by atoms with E-state index in [0.717, 1.165) is 48.2 Å². The van der Waals surface area contributed by atoms with Gasteiger partial charge in [0.25, 0.3) is 5.91 Å². The lowest BCUT2D eigenvalue weighted by atomic mass is 10.0. The van der Waals surface area contributed by atoms with Crippen molar-refractivity contribution in [3.8, 4) is 0 Å². The van der Waals surface area contributed by atoms with Crippen LogP contribution in [0.25, 0.3) is 11.0 Å². The average Bonchev–Trinajstić information content (AvgIpc) is 3.64. The van der Waals surface area contributed by atoms with Crippen molar-refractivity contribution in [3.05, 3.63) is 60.2 Å². The van der Waals surface area contributed by atoms with E-state index in [1.54, 1.807) is 11.3 Å². The number of furan rings is 2. The van der Waals surface area contributed by atoms with Crippen LogP contribution in [0.15, 0.2) is 62.7 Å². The first-order valence-electron chi connectivity index (χ1n) is 11.7. The van der Waals surface area contributed by atoms with Gasteiger partial charge in [-0.3, -0.25) is 9.69 Å². The molecule has 3 aromatic rings. The zero-order valence-electron chi connectivity index (χ0n) is 18.4. The molecule has 1 aromatic carbocycles. The van der Waals surface area contributed by atoms with Crippen LogP contribution < -0.4 is 0 Å².